The largest absolute Gasteiger partial charge is 0.368 e. The molecule has 0 aliphatic carbocycles. The maximum absolute atomic E-state index is 11.3. The van der Waals surface area contributed by atoms with E-state index < -0.39 is 5.91 Å². The Hall–Kier alpha value is -1.49. The summed E-state index contributed by atoms with van der Waals surface area (Å²) in [6.45, 7) is 1.94. The first kappa shape index (κ1) is 13.6. The van der Waals surface area contributed by atoms with Crippen LogP contribution in [0.25, 0.3) is 0 Å². The Bertz CT molecular complexity index is 390. The number of nitrogens with two attached hydrogens (primary N) is 1. The molecule has 0 atom stereocenters. The Morgan fingerprint density at radius 3 is 2.53 bits per heavy atom. The predicted octanol–water partition coefficient (Wildman–Crippen LogP) is 1.08. The van der Waals surface area contributed by atoms with E-state index in [9.17, 15) is 9.59 Å². The Labute approximate surface area is 105 Å². The molecule has 4 nitrogen and oxygen atoms in total. The normalized spacial score (nSPS) is 9.94. The van der Waals surface area contributed by atoms with Crippen LogP contribution in [0.1, 0.15) is 12.0 Å². The highest BCUT2D eigenvalue weighted by Gasteiger charge is 2.03. The molecule has 0 bridgehead atoms. The lowest BCUT2D eigenvalue weighted by atomic mass is 10.2. The van der Waals surface area contributed by atoms with Crippen molar-refractivity contribution in [2.75, 3.05) is 12.3 Å². The van der Waals surface area contributed by atoms with Gasteiger partial charge < -0.3 is 11.1 Å². The van der Waals surface area contributed by atoms with Crippen LogP contribution in [-0.2, 0) is 9.59 Å². The van der Waals surface area contributed by atoms with E-state index in [4.69, 9.17) is 5.73 Å². The third-order valence-corrected chi connectivity index (χ3v) is 3.09. The Balaban J connectivity index is 2.21. The molecule has 0 saturated heterocycles. The first-order valence-electron chi connectivity index (χ1n) is 5.32. The van der Waals surface area contributed by atoms with Crippen LogP contribution in [0.15, 0.2) is 29.2 Å². The average molecular weight is 252 g/mol. The van der Waals surface area contributed by atoms with E-state index in [2.05, 4.69) is 5.32 Å². The van der Waals surface area contributed by atoms with Crippen molar-refractivity contribution in [2.24, 2.45) is 5.73 Å². The highest BCUT2D eigenvalue weighted by molar-refractivity contribution is 7.99. The summed E-state index contributed by atoms with van der Waals surface area (Å²) in [6.07, 6.45) is 0.381. The maximum atomic E-state index is 11.3. The van der Waals surface area contributed by atoms with Gasteiger partial charge in [0.05, 0.1) is 6.54 Å². The van der Waals surface area contributed by atoms with Crippen LogP contribution in [0.2, 0.25) is 0 Å². The summed E-state index contributed by atoms with van der Waals surface area (Å²) >= 11 is 1.61. The van der Waals surface area contributed by atoms with Crippen molar-refractivity contribution in [3.8, 4) is 0 Å². The van der Waals surface area contributed by atoms with E-state index in [-0.39, 0.29) is 12.5 Å². The molecule has 1 aromatic carbocycles. The van der Waals surface area contributed by atoms with Gasteiger partial charge in [0.2, 0.25) is 11.8 Å². The van der Waals surface area contributed by atoms with Gasteiger partial charge in [-0.05, 0) is 19.1 Å². The molecule has 1 rings (SSSR count). The monoisotopic (exact) mass is 252 g/mol. The third kappa shape index (κ3) is 5.97. The summed E-state index contributed by atoms with van der Waals surface area (Å²) in [5, 5.41) is 2.45. The smallest absolute Gasteiger partial charge is 0.236 e. The number of benzene rings is 1. The van der Waals surface area contributed by atoms with E-state index in [1.54, 1.807) is 11.8 Å². The molecule has 17 heavy (non-hydrogen) atoms. The molecule has 0 saturated carbocycles. The van der Waals surface area contributed by atoms with Gasteiger partial charge in [0.1, 0.15) is 0 Å². The molecular formula is C12H16N2O2S. The topological polar surface area (TPSA) is 72.2 Å². The molecule has 0 radical (unpaired) electrons. The molecule has 0 fully saturated rings. The lowest BCUT2D eigenvalue weighted by Gasteiger charge is -2.03. The van der Waals surface area contributed by atoms with Crippen molar-refractivity contribution in [1.29, 1.82) is 0 Å². The van der Waals surface area contributed by atoms with E-state index in [0.717, 1.165) is 4.90 Å². The van der Waals surface area contributed by atoms with Gasteiger partial charge in [-0.25, -0.2) is 0 Å². The lowest BCUT2D eigenvalue weighted by molar-refractivity contribution is -0.124. The van der Waals surface area contributed by atoms with Gasteiger partial charge in [0.15, 0.2) is 0 Å². The molecule has 3 N–H and O–H groups in total. The van der Waals surface area contributed by atoms with Crippen LogP contribution in [0.5, 0.6) is 0 Å². The number of hydrogen-bond acceptors (Lipinski definition) is 3. The zero-order valence-electron chi connectivity index (χ0n) is 9.73. The standard InChI is InChI=1S/C12H16N2O2S/c1-9-2-4-10(5-3-9)17-7-6-12(16)14-8-11(13)15/h2-5H,6-8H2,1H3,(H2,13,15)(H,14,16). The summed E-state index contributed by atoms with van der Waals surface area (Å²) in [5.74, 6) is 0.0150. The van der Waals surface area contributed by atoms with Crippen LogP contribution in [0, 0.1) is 6.92 Å². The molecule has 0 unspecified atom stereocenters. The number of nitrogens with one attached hydrogen (secondary N) is 1. The summed E-state index contributed by atoms with van der Waals surface area (Å²) < 4.78 is 0. The highest BCUT2D eigenvalue weighted by Crippen LogP contribution is 2.18. The van der Waals surface area contributed by atoms with Crippen molar-refractivity contribution >= 4 is 23.6 Å². The average Bonchev–Trinajstić information content (AvgIpc) is 2.29. The van der Waals surface area contributed by atoms with Crippen LogP contribution in [-0.4, -0.2) is 24.1 Å². The summed E-state index contributed by atoms with van der Waals surface area (Å²) in [7, 11) is 0. The molecule has 5 heteroatoms. The SMILES string of the molecule is Cc1ccc(SCCC(=O)NCC(N)=O)cc1. The summed E-state index contributed by atoms with van der Waals surface area (Å²) in [6, 6.07) is 8.13. The fourth-order valence-electron chi connectivity index (χ4n) is 1.17. The molecule has 0 heterocycles. The molecule has 1 aromatic rings. The minimum absolute atomic E-state index is 0.0893. The van der Waals surface area contributed by atoms with Crippen LogP contribution in [0.4, 0.5) is 0 Å². The fourth-order valence-corrected chi connectivity index (χ4v) is 2.02. The number of carbonyl (C=O) groups is 2. The number of hydrogen-bond donors (Lipinski definition) is 2. The molecule has 2 amide bonds. The number of rotatable bonds is 6. The van der Waals surface area contributed by atoms with E-state index in [1.807, 2.05) is 31.2 Å². The molecule has 0 aliphatic rings. The van der Waals surface area contributed by atoms with Crippen LogP contribution >= 0.6 is 11.8 Å². The van der Waals surface area contributed by atoms with Crippen molar-refractivity contribution < 1.29 is 9.59 Å². The molecule has 0 aromatic heterocycles. The third-order valence-electron chi connectivity index (χ3n) is 2.08. The van der Waals surface area contributed by atoms with Gasteiger partial charge >= 0.3 is 0 Å². The first-order valence-corrected chi connectivity index (χ1v) is 6.31. The summed E-state index contributed by atoms with van der Waals surface area (Å²) in [5.41, 5.74) is 6.13. The quantitative estimate of drug-likeness (QED) is 0.744. The van der Waals surface area contributed by atoms with Crippen molar-refractivity contribution in [1.82, 2.24) is 5.32 Å². The Kier molecular flexibility index (Phi) is 5.56. The summed E-state index contributed by atoms with van der Waals surface area (Å²) in [4.78, 5) is 22.8. The number of aryl methyl sites for hydroxylation is 1. The van der Waals surface area contributed by atoms with E-state index in [1.165, 1.54) is 5.56 Å². The number of thioether (sulfide) groups is 1. The van der Waals surface area contributed by atoms with Gasteiger partial charge in [-0.15, -0.1) is 11.8 Å². The van der Waals surface area contributed by atoms with E-state index in [0.29, 0.717) is 12.2 Å². The van der Waals surface area contributed by atoms with Gasteiger partial charge in [-0.3, -0.25) is 9.59 Å². The molecule has 92 valence electrons. The Morgan fingerprint density at radius 1 is 1.29 bits per heavy atom. The highest BCUT2D eigenvalue weighted by atomic mass is 32.2. The minimum Gasteiger partial charge on any atom is -0.368 e. The predicted molar refractivity (Wildman–Crippen MR) is 68.7 cm³/mol. The number of carbonyl (C=O) groups excluding carboxylic acids is 2. The molecule has 0 spiro atoms. The number of primary amides is 1. The first-order chi connectivity index (χ1) is 8.08. The second-order valence-corrected chi connectivity index (χ2v) is 4.82. The molecular weight excluding hydrogens is 236 g/mol. The zero-order valence-corrected chi connectivity index (χ0v) is 10.5. The van der Waals surface area contributed by atoms with E-state index >= 15 is 0 Å². The molecule has 0 aliphatic heterocycles. The van der Waals surface area contributed by atoms with Crippen molar-refractivity contribution in [3.05, 3.63) is 29.8 Å². The van der Waals surface area contributed by atoms with Crippen molar-refractivity contribution in [3.63, 3.8) is 0 Å². The number of amides is 2. The van der Waals surface area contributed by atoms with Gasteiger partial charge in [-0.1, -0.05) is 17.7 Å². The zero-order chi connectivity index (χ0) is 12.7. The van der Waals surface area contributed by atoms with Crippen LogP contribution in [0.3, 0.4) is 0 Å². The fraction of sp³-hybridized carbons (Fsp3) is 0.333. The second-order valence-electron chi connectivity index (χ2n) is 3.65. The lowest BCUT2D eigenvalue weighted by Crippen LogP contribution is -2.33. The van der Waals surface area contributed by atoms with Crippen molar-refractivity contribution in [2.45, 2.75) is 18.2 Å². The van der Waals surface area contributed by atoms with Gasteiger partial charge in [0, 0.05) is 17.1 Å². The van der Waals surface area contributed by atoms with Gasteiger partial charge in [0.25, 0.3) is 0 Å². The van der Waals surface area contributed by atoms with Crippen LogP contribution < -0.4 is 11.1 Å². The maximum Gasteiger partial charge on any atom is 0.236 e. The van der Waals surface area contributed by atoms with Gasteiger partial charge in [-0.2, -0.15) is 0 Å². The second kappa shape index (κ2) is 6.96. The Morgan fingerprint density at radius 2 is 1.94 bits per heavy atom. The minimum atomic E-state index is -0.524.